The van der Waals surface area contributed by atoms with Crippen molar-refractivity contribution in [2.75, 3.05) is 19.0 Å². The number of allylic oxidation sites excluding steroid dienone is 1. The second-order valence-electron chi connectivity index (χ2n) is 5.10. The van der Waals surface area contributed by atoms with Gasteiger partial charge in [0.25, 0.3) is 5.69 Å². The van der Waals surface area contributed by atoms with Gasteiger partial charge in [0.1, 0.15) is 5.69 Å². The summed E-state index contributed by atoms with van der Waals surface area (Å²) in [6.45, 7) is 0. The quantitative estimate of drug-likeness (QED) is 0.356. The first-order chi connectivity index (χ1) is 10.9. The third-order valence-corrected chi connectivity index (χ3v) is 3.49. The molecular weight excluding hydrogens is 316 g/mol. The van der Waals surface area contributed by atoms with Crippen LogP contribution in [0, 0.1) is 10.1 Å². The highest BCUT2D eigenvalue weighted by Crippen LogP contribution is 2.28. The Morgan fingerprint density at radius 3 is 2.39 bits per heavy atom. The van der Waals surface area contributed by atoms with Crippen molar-refractivity contribution in [3.63, 3.8) is 0 Å². The molecule has 0 atom stereocenters. The van der Waals surface area contributed by atoms with Crippen molar-refractivity contribution >= 4 is 34.8 Å². The summed E-state index contributed by atoms with van der Waals surface area (Å²) in [7, 11) is 3.48. The molecule has 0 spiro atoms. The van der Waals surface area contributed by atoms with Crippen LogP contribution in [0.15, 0.2) is 48.5 Å². The molecule has 5 nitrogen and oxygen atoms in total. The van der Waals surface area contributed by atoms with Gasteiger partial charge in [-0.25, -0.2) is 0 Å². The summed E-state index contributed by atoms with van der Waals surface area (Å²) < 4.78 is 0. The summed E-state index contributed by atoms with van der Waals surface area (Å²) in [5, 5.41) is 11.7. The van der Waals surface area contributed by atoms with Gasteiger partial charge >= 0.3 is 0 Å². The van der Waals surface area contributed by atoms with E-state index in [9.17, 15) is 14.9 Å². The number of hydrogen-bond donors (Lipinski definition) is 0. The van der Waals surface area contributed by atoms with Gasteiger partial charge in [-0.2, -0.15) is 0 Å². The number of benzene rings is 2. The normalized spacial score (nSPS) is 10.7. The zero-order valence-corrected chi connectivity index (χ0v) is 13.4. The topological polar surface area (TPSA) is 63.5 Å². The first kappa shape index (κ1) is 16.7. The average Bonchev–Trinajstić information content (AvgIpc) is 2.52. The van der Waals surface area contributed by atoms with Crippen LogP contribution < -0.4 is 4.90 Å². The molecule has 0 heterocycles. The number of carbonyl (C=O) groups is 1. The third-order valence-electron chi connectivity index (χ3n) is 3.23. The van der Waals surface area contributed by atoms with Gasteiger partial charge in [0, 0.05) is 30.7 Å². The summed E-state index contributed by atoms with van der Waals surface area (Å²) in [5.74, 6) is -0.194. The van der Waals surface area contributed by atoms with Gasteiger partial charge < -0.3 is 4.90 Å². The Balaban J connectivity index is 2.25. The largest absolute Gasteiger partial charge is 0.372 e. The maximum Gasteiger partial charge on any atom is 0.293 e. The minimum Gasteiger partial charge on any atom is -0.372 e. The highest BCUT2D eigenvalue weighted by Gasteiger charge is 2.15. The van der Waals surface area contributed by atoms with Crippen molar-refractivity contribution in [3.05, 3.63) is 74.8 Å². The molecule has 6 heteroatoms. The number of hydrogen-bond acceptors (Lipinski definition) is 4. The van der Waals surface area contributed by atoms with Crippen molar-refractivity contribution < 1.29 is 9.72 Å². The molecule has 2 aromatic rings. The highest BCUT2D eigenvalue weighted by atomic mass is 35.5. The molecule has 0 aliphatic rings. The molecule has 0 aromatic heterocycles. The van der Waals surface area contributed by atoms with Gasteiger partial charge in [0.15, 0.2) is 5.78 Å². The number of carbonyl (C=O) groups excluding carboxylic acids is 1. The fourth-order valence-corrected chi connectivity index (χ4v) is 2.18. The number of nitro benzene ring substituents is 1. The van der Waals surface area contributed by atoms with Gasteiger partial charge in [-0.3, -0.25) is 14.9 Å². The van der Waals surface area contributed by atoms with Crippen molar-refractivity contribution in [3.8, 4) is 0 Å². The van der Waals surface area contributed by atoms with E-state index < -0.39 is 4.92 Å². The van der Waals surface area contributed by atoms with E-state index in [1.807, 2.05) is 0 Å². The second kappa shape index (κ2) is 7.07. The Kier molecular flexibility index (Phi) is 5.13. The molecule has 2 aromatic carbocycles. The highest BCUT2D eigenvalue weighted by molar-refractivity contribution is 6.30. The Labute approximate surface area is 139 Å². The molecule has 0 saturated carbocycles. The number of rotatable bonds is 5. The molecule has 0 N–H and O–H groups in total. The fraction of sp³-hybridized carbons (Fsp3) is 0.118. The molecular formula is C17H15ClN2O3. The number of nitro groups is 1. The predicted molar refractivity (Wildman–Crippen MR) is 92.2 cm³/mol. The van der Waals surface area contributed by atoms with Crippen molar-refractivity contribution in [1.29, 1.82) is 0 Å². The summed E-state index contributed by atoms with van der Waals surface area (Å²) in [6, 6.07) is 11.4. The second-order valence-corrected chi connectivity index (χ2v) is 5.54. The van der Waals surface area contributed by atoms with Gasteiger partial charge in [-0.1, -0.05) is 23.7 Å². The van der Waals surface area contributed by atoms with E-state index in [2.05, 4.69) is 0 Å². The zero-order chi connectivity index (χ0) is 17.0. The lowest BCUT2D eigenvalue weighted by molar-refractivity contribution is -0.384. The van der Waals surface area contributed by atoms with Crippen LogP contribution in [0.5, 0.6) is 0 Å². The van der Waals surface area contributed by atoms with Gasteiger partial charge in [0.2, 0.25) is 0 Å². The number of anilines is 1. The molecule has 118 valence electrons. The standard InChI is InChI=1S/C17H15ClN2O3/c1-19(2)15-9-3-12(11-16(15)20(22)23)4-10-17(21)13-5-7-14(18)8-6-13/h3-11H,1-2H3/b10-4+. The number of ketones is 1. The van der Waals surface area contributed by atoms with Crippen LogP contribution in [0.2, 0.25) is 5.02 Å². The lowest BCUT2D eigenvalue weighted by Crippen LogP contribution is -2.10. The van der Waals surface area contributed by atoms with E-state index in [-0.39, 0.29) is 11.5 Å². The zero-order valence-electron chi connectivity index (χ0n) is 12.7. The van der Waals surface area contributed by atoms with Crippen LogP contribution in [-0.4, -0.2) is 24.8 Å². The fourth-order valence-electron chi connectivity index (χ4n) is 2.05. The van der Waals surface area contributed by atoms with Gasteiger partial charge in [-0.05, 0) is 42.0 Å². The van der Waals surface area contributed by atoms with E-state index in [1.54, 1.807) is 61.5 Å². The van der Waals surface area contributed by atoms with Crippen molar-refractivity contribution in [2.45, 2.75) is 0 Å². The molecule has 0 aliphatic heterocycles. The molecule has 0 saturated heterocycles. The summed E-state index contributed by atoms with van der Waals surface area (Å²) >= 11 is 5.78. The number of halogens is 1. The average molecular weight is 331 g/mol. The molecule has 0 aliphatic carbocycles. The molecule has 0 fully saturated rings. The van der Waals surface area contributed by atoms with Crippen LogP contribution in [-0.2, 0) is 0 Å². The molecule has 0 amide bonds. The maximum absolute atomic E-state index is 12.1. The SMILES string of the molecule is CN(C)c1ccc(/C=C/C(=O)c2ccc(Cl)cc2)cc1[N+](=O)[O-]. The predicted octanol–water partition coefficient (Wildman–Crippen LogP) is 4.21. The van der Waals surface area contributed by atoms with E-state index in [0.29, 0.717) is 21.8 Å². The Morgan fingerprint density at radius 2 is 1.83 bits per heavy atom. The van der Waals surface area contributed by atoms with E-state index >= 15 is 0 Å². The van der Waals surface area contributed by atoms with Crippen LogP contribution in [0.4, 0.5) is 11.4 Å². The van der Waals surface area contributed by atoms with E-state index in [4.69, 9.17) is 11.6 Å². The first-order valence-electron chi connectivity index (χ1n) is 6.82. The van der Waals surface area contributed by atoms with E-state index in [0.717, 1.165) is 0 Å². The summed E-state index contributed by atoms with van der Waals surface area (Å²) in [4.78, 5) is 24.4. The van der Waals surface area contributed by atoms with E-state index in [1.165, 1.54) is 12.1 Å². The molecule has 23 heavy (non-hydrogen) atoms. The molecule has 0 bridgehead atoms. The minimum absolute atomic E-state index is 0.00362. The first-order valence-corrected chi connectivity index (χ1v) is 7.20. The molecule has 0 radical (unpaired) electrons. The van der Waals surface area contributed by atoms with Crippen LogP contribution in [0.25, 0.3) is 6.08 Å². The Morgan fingerprint density at radius 1 is 1.17 bits per heavy atom. The van der Waals surface area contributed by atoms with Crippen molar-refractivity contribution in [2.24, 2.45) is 0 Å². The molecule has 2 rings (SSSR count). The maximum atomic E-state index is 12.1. The minimum atomic E-state index is -0.437. The number of nitrogens with zero attached hydrogens (tertiary/aromatic N) is 2. The van der Waals surface area contributed by atoms with Crippen LogP contribution in [0.3, 0.4) is 0 Å². The van der Waals surface area contributed by atoms with Crippen LogP contribution >= 0.6 is 11.6 Å². The monoisotopic (exact) mass is 330 g/mol. The smallest absolute Gasteiger partial charge is 0.293 e. The lowest BCUT2D eigenvalue weighted by Gasteiger charge is -2.12. The summed E-state index contributed by atoms with van der Waals surface area (Å²) in [6.07, 6.45) is 2.95. The third kappa shape index (κ3) is 4.17. The van der Waals surface area contributed by atoms with Crippen LogP contribution in [0.1, 0.15) is 15.9 Å². The Hall–Kier alpha value is -2.66. The van der Waals surface area contributed by atoms with Gasteiger partial charge in [-0.15, -0.1) is 0 Å². The van der Waals surface area contributed by atoms with Gasteiger partial charge in [0.05, 0.1) is 4.92 Å². The molecule has 0 unspecified atom stereocenters. The summed E-state index contributed by atoms with van der Waals surface area (Å²) in [5.41, 5.74) is 1.60. The lowest BCUT2D eigenvalue weighted by atomic mass is 10.1. The van der Waals surface area contributed by atoms with Crippen molar-refractivity contribution in [1.82, 2.24) is 0 Å². The Bertz CT molecular complexity index is 768.